The first kappa shape index (κ1) is 13.5. The van der Waals surface area contributed by atoms with Gasteiger partial charge >= 0.3 is 5.97 Å². The van der Waals surface area contributed by atoms with Crippen LogP contribution in [0.15, 0.2) is 18.2 Å². The minimum atomic E-state index is -0.997. The smallest absolute Gasteiger partial charge is 0.321 e. The summed E-state index contributed by atoms with van der Waals surface area (Å²) in [6.07, 6.45) is 0. The molecule has 1 aromatic carbocycles. The summed E-state index contributed by atoms with van der Waals surface area (Å²) in [5.74, 6) is -0.211. The molecule has 1 atom stereocenters. The van der Waals surface area contributed by atoms with Crippen LogP contribution in [0.4, 0.5) is 0 Å². The molecule has 0 saturated heterocycles. The first-order valence-electron chi connectivity index (χ1n) is 5.44. The van der Waals surface area contributed by atoms with E-state index in [1.165, 1.54) is 0 Å². The van der Waals surface area contributed by atoms with Gasteiger partial charge in [0.05, 0.1) is 7.11 Å². The summed E-state index contributed by atoms with van der Waals surface area (Å²) in [5.41, 5.74) is 6.96. The van der Waals surface area contributed by atoms with Gasteiger partial charge in [0.15, 0.2) is 0 Å². The van der Waals surface area contributed by atoms with Crippen molar-refractivity contribution in [3.8, 4) is 5.75 Å². The number of benzene rings is 1. The quantitative estimate of drug-likeness (QED) is 0.836. The molecule has 0 aliphatic heterocycles. The normalized spacial score (nSPS) is 13.2. The molecule has 17 heavy (non-hydrogen) atoms. The molecule has 0 heterocycles. The van der Waals surface area contributed by atoms with Crippen LogP contribution in [0.25, 0.3) is 0 Å². The summed E-state index contributed by atoms with van der Waals surface area (Å²) in [6.45, 7) is 5.57. The number of carbonyl (C=O) groups is 1. The minimum absolute atomic E-state index is 0.622. The molecule has 0 aliphatic rings. The Balaban J connectivity index is 3.15. The van der Waals surface area contributed by atoms with Gasteiger partial charge in [0, 0.05) is 5.41 Å². The van der Waals surface area contributed by atoms with Crippen LogP contribution in [0.5, 0.6) is 5.75 Å². The standard InChI is InChI=1S/C13H19NO3/c1-8-7-9(5-6-10(8)17-4)13(2,3)11(14)12(15)16/h5-7,11H,14H2,1-4H3,(H,15,16). The van der Waals surface area contributed by atoms with Crippen molar-refractivity contribution in [2.24, 2.45) is 5.73 Å². The molecule has 0 spiro atoms. The van der Waals surface area contributed by atoms with Crippen molar-refractivity contribution in [1.29, 1.82) is 0 Å². The predicted octanol–water partition coefficient (Wildman–Crippen LogP) is 1.69. The number of hydrogen-bond donors (Lipinski definition) is 2. The van der Waals surface area contributed by atoms with Gasteiger partial charge in [-0.05, 0) is 24.1 Å². The highest BCUT2D eigenvalue weighted by Crippen LogP contribution is 2.30. The lowest BCUT2D eigenvalue weighted by atomic mass is 9.77. The van der Waals surface area contributed by atoms with Crippen molar-refractivity contribution in [3.63, 3.8) is 0 Å². The van der Waals surface area contributed by atoms with Gasteiger partial charge in [0.2, 0.25) is 0 Å². The number of rotatable bonds is 4. The number of hydrogen-bond acceptors (Lipinski definition) is 3. The van der Waals surface area contributed by atoms with Crippen molar-refractivity contribution in [2.45, 2.75) is 32.2 Å². The molecule has 1 unspecified atom stereocenters. The second-order valence-electron chi connectivity index (χ2n) is 4.72. The van der Waals surface area contributed by atoms with Crippen molar-refractivity contribution in [2.75, 3.05) is 7.11 Å². The maximum atomic E-state index is 11.0. The molecule has 1 rings (SSSR count). The van der Waals surface area contributed by atoms with Crippen LogP contribution in [0.3, 0.4) is 0 Å². The Morgan fingerprint density at radius 3 is 2.47 bits per heavy atom. The first-order chi connectivity index (χ1) is 7.80. The molecule has 0 radical (unpaired) electrons. The predicted molar refractivity (Wildman–Crippen MR) is 66.4 cm³/mol. The molecule has 3 N–H and O–H groups in total. The Hall–Kier alpha value is -1.55. The summed E-state index contributed by atoms with van der Waals surface area (Å²) in [4.78, 5) is 11.0. The zero-order chi connectivity index (χ0) is 13.2. The van der Waals surface area contributed by atoms with E-state index in [1.54, 1.807) is 7.11 Å². The lowest BCUT2D eigenvalue weighted by molar-refractivity contribution is -0.140. The molecule has 94 valence electrons. The zero-order valence-corrected chi connectivity index (χ0v) is 10.7. The summed E-state index contributed by atoms with van der Waals surface area (Å²) in [5, 5.41) is 9.00. The van der Waals surface area contributed by atoms with E-state index in [4.69, 9.17) is 15.6 Å². The van der Waals surface area contributed by atoms with Gasteiger partial charge in [-0.2, -0.15) is 0 Å². The molecule has 0 amide bonds. The van der Waals surface area contributed by atoms with Crippen LogP contribution in [0.1, 0.15) is 25.0 Å². The summed E-state index contributed by atoms with van der Waals surface area (Å²) in [6, 6.07) is 4.67. The molecule has 4 nitrogen and oxygen atoms in total. The number of nitrogens with two attached hydrogens (primary N) is 1. The second kappa shape index (κ2) is 4.75. The monoisotopic (exact) mass is 237 g/mol. The average molecular weight is 237 g/mol. The van der Waals surface area contributed by atoms with Crippen LogP contribution < -0.4 is 10.5 Å². The zero-order valence-electron chi connectivity index (χ0n) is 10.7. The van der Waals surface area contributed by atoms with E-state index in [1.807, 2.05) is 39.0 Å². The maximum absolute atomic E-state index is 11.0. The molecule has 0 fully saturated rings. The van der Waals surface area contributed by atoms with Crippen molar-refractivity contribution < 1.29 is 14.6 Å². The molecular formula is C13H19NO3. The Labute approximate surface area is 101 Å². The van der Waals surface area contributed by atoms with Gasteiger partial charge in [-0.25, -0.2) is 0 Å². The number of carboxylic acid groups (broad SMARTS) is 1. The lowest BCUT2D eigenvalue weighted by Gasteiger charge is -2.29. The van der Waals surface area contributed by atoms with Gasteiger partial charge in [-0.1, -0.05) is 26.0 Å². The largest absolute Gasteiger partial charge is 0.496 e. The fourth-order valence-electron chi connectivity index (χ4n) is 1.77. The topological polar surface area (TPSA) is 72.5 Å². The van der Waals surface area contributed by atoms with E-state index in [0.29, 0.717) is 0 Å². The third kappa shape index (κ3) is 2.58. The average Bonchev–Trinajstić information content (AvgIpc) is 2.27. The number of aliphatic carboxylic acids is 1. The summed E-state index contributed by atoms with van der Waals surface area (Å²) in [7, 11) is 1.61. The van der Waals surface area contributed by atoms with Gasteiger partial charge in [0.25, 0.3) is 0 Å². The van der Waals surface area contributed by atoms with Gasteiger partial charge < -0.3 is 15.6 Å². The van der Waals surface area contributed by atoms with Crippen molar-refractivity contribution in [1.82, 2.24) is 0 Å². The van der Waals surface area contributed by atoms with Crippen LogP contribution in [-0.4, -0.2) is 24.2 Å². The Kier molecular flexibility index (Phi) is 3.78. The lowest BCUT2D eigenvalue weighted by Crippen LogP contribution is -2.46. The van der Waals surface area contributed by atoms with Crippen LogP contribution in [-0.2, 0) is 10.2 Å². The number of carboxylic acids is 1. The van der Waals surface area contributed by atoms with Gasteiger partial charge in [-0.15, -0.1) is 0 Å². The fraction of sp³-hybridized carbons (Fsp3) is 0.462. The second-order valence-corrected chi connectivity index (χ2v) is 4.72. The van der Waals surface area contributed by atoms with Crippen LogP contribution in [0, 0.1) is 6.92 Å². The van der Waals surface area contributed by atoms with Gasteiger partial charge in [-0.3, -0.25) is 4.79 Å². The highest BCUT2D eigenvalue weighted by molar-refractivity contribution is 5.75. The Morgan fingerprint density at radius 2 is 2.06 bits per heavy atom. The number of aryl methyl sites for hydroxylation is 1. The molecular weight excluding hydrogens is 218 g/mol. The number of methoxy groups -OCH3 is 1. The summed E-state index contributed by atoms with van der Waals surface area (Å²) < 4.78 is 5.17. The molecule has 0 aromatic heterocycles. The minimum Gasteiger partial charge on any atom is -0.496 e. The van der Waals surface area contributed by atoms with Crippen molar-refractivity contribution >= 4 is 5.97 Å². The highest BCUT2D eigenvalue weighted by Gasteiger charge is 2.33. The van der Waals surface area contributed by atoms with E-state index in [9.17, 15) is 4.79 Å². The highest BCUT2D eigenvalue weighted by atomic mass is 16.5. The van der Waals surface area contributed by atoms with E-state index in [2.05, 4.69) is 0 Å². The molecule has 4 heteroatoms. The van der Waals surface area contributed by atoms with E-state index >= 15 is 0 Å². The van der Waals surface area contributed by atoms with E-state index in [0.717, 1.165) is 16.9 Å². The maximum Gasteiger partial charge on any atom is 0.321 e. The van der Waals surface area contributed by atoms with Crippen LogP contribution >= 0.6 is 0 Å². The molecule has 0 bridgehead atoms. The van der Waals surface area contributed by atoms with Gasteiger partial charge in [0.1, 0.15) is 11.8 Å². The Morgan fingerprint density at radius 1 is 1.47 bits per heavy atom. The molecule has 0 aliphatic carbocycles. The number of ether oxygens (including phenoxy) is 1. The third-order valence-corrected chi connectivity index (χ3v) is 3.18. The van der Waals surface area contributed by atoms with Crippen LogP contribution in [0.2, 0.25) is 0 Å². The summed E-state index contributed by atoms with van der Waals surface area (Å²) >= 11 is 0. The van der Waals surface area contributed by atoms with E-state index < -0.39 is 17.4 Å². The fourth-order valence-corrected chi connectivity index (χ4v) is 1.77. The van der Waals surface area contributed by atoms with E-state index in [-0.39, 0.29) is 0 Å². The molecule has 1 aromatic rings. The SMILES string of the molecule is COc1ccc(C(C)(C)C(N)C(=O)O)cc1C. The van der Waals surface area contributed by atoms with Crippen molar-refractivity contribution in [3.05, 3.63) is 29.3 Å². The molecule has 0 saturated carbocycles. The Bertz CT molecular complexity index is 427. The third-order valence-electron chi connectivity index (χ3n) is 3.18. The first-order valence-corrected chi connectivity index (χ1v) is 5.44.